The van der Waals surface area contributed by atoms with Crippen LogP contribution in [0.15, 0.2) is 60.7 Å². The third-order valence-electron chi connectivity index (χ3n) is 7.47. The SMILES string of the molecule is COc1cc([C@H]2OC[C@@H]3[C@H]2CO[C@H]3c2ccc(OC)c(OC)c2)ccc1CC(=O)/C=C/c1ccc(O)c(O)c1. The molecule has 0 unspecified atom stereocenters. The summed E-state index contributed by atoms with van der Waals surface area (Å²) >= 11 is 0. The lowest BCUT2D eigenvalue weighted by atomic mass is 9.84. The molecule has 0 spiro atoms. The molecule has 2 aliphatic rings. The van der Waals surface area contributed by atoms with Crippen LogP contribution in [-0.2, 0) is 20.7 Å². The Morgan fingerprint density at radius 1 is 0.795 bits per heavy atom. The highest BCUT2D eigenvalue weighted by molar-refractivity contribution is 5.95. The van der Waals surface area contributed by atoms with Crippen molar-refractivity contribution in [2.24, 2.45) is 11.8 Å². The molecule has 0 amide bonds. The summed E-state index contributed by atoms with van der Waals surface area (Å²) in [5.41, 5.74) is 3.40. The lowest BCUT2D eigenvalue weighted by Gasteiger charge is -2.19. The quantitative estimate of drug-likeness (QED) is 0.292. The molecule has 4 atom stereocenters. The van der Waals surface area contributed by atoms with Gasteiger partial charge in [-0.2, -0.15) is 0 Å². The maximum absolute atomic E-state index is 12.6. The van der Waals surface area contributed by atoms with Gasteiger partial charge in [0.05, 0.1) is 46.8 Å². The molecule has 0 radical (unpaired) electrons. The lowest BCUT2D eigenvalue weighted by molar-refractivity contribution is -0.114. The molecule has 0 bridgehead atoms. The van der Waals surface area contributed by atoms with Gasteiger partial charge < -0.3 is 33.9 Å². The third-order valence-corrected chi connectivity index (χ3v) is 7.47. The van der Waals surface area contributed by atoms with E-state index in [1.165, 1.54) is 18.2 Å². The van der Waals surface area contributed by atoms with Gasteiger partial charge in [-0.1, -0.05) is 30.3 Å². The fourth-order valence-electron chi connectivity index (χ4n) is 5.43. The molecule has 8 nitrogen and oxygen atoms in total. The zero-order chi connectivity index (χ0) is 27.5. The van der Waals surface area contributed by atoms with Crippen LogP contribution in [-0.4, -0.2) is 50.5 Å². The van der Waals surface area contributed by atoms with Crippen LogP contribution in [0.5, 0.6) is 28.7 Å². The molecule has 0 aliphatic carbocycles. The van der Waals surface area contributed by atoms with E-state index in [0.717, 1.165) is 16.7 Å². The molecule has 5 rings (SSSR count). The lowest BCUT2D eigenvalue weighted by Crippen LogP contribution is -2.15. The third kappa shape index (κ3) is 5.44. The zero-order valence-corrected chi connectivity index (χ0v) is 22.1. The number of allylic oxidation sites excluding steroid dienone is 1. The molecule has 2 N–H and O–H groups in total. The molecule has 2 saturated heterocycles. The van der Waals surface area contributed by atoms with Gasteiger partial charge in [0.2, 0.25) is 0 Å². The van der Waals surface area contributed by atoms with Gasteiger partial charge in [0.1, 0.15) is 5.75 Å². The van der Waals surface area contributed by atoms with Crippen molar-refractivity contribution >= 4 is 11.9 Å². The minimum atomic E-state index is -0.235. The molecular formula is C31H32O8. The first kappa shape index (κ1) is 26.6. The van der Waals surface area contributed by atoms with Gasteiger partial charge >= 0.3 is 0 Å². The number of ketones is 1. The van der Waals surface area contributed by atoms with E-state index >= 15 is 0 Å². The summed E-state index contributed by atoms with van der Waals surface area (Å²) in [6.45, 7) is 1.16. The van der Waals surface area contributed by atoms with Gasteiger partial charge in [0.25, 0.3) is 0 Å². The van der Waals surface area contributed by atoms with Gasteiger partial charge in [-0.25, -0.2) is 0 Å². The molecule has 2 heterocycles. The smallest absolute Gasteiger partial charge is 0.161 e. The maximum atomic E-state index is 12.6. The van der Waals surface area contributed by atoms with Crippen molar-refractivity contribution in [2.75, 3.05) is 34.5 Å². The largest absolute Gasteiger partial charge is 0.504 e. The summed E-state index contributed by atoms with van der Waals surface area (Å²) in [5, 5.41) is 19.1. The Labute approximate surface area is 227 Å². The second-order valence-corrected chi connectivity index (χ2v) is 9.75. The van der Waals surface area contributed by atoms with E-state index in [0.29, 0.717) is 36.0 Å². The van der Waals surface area contributed by atoms with Crippen molar-refractivity contribution in [3.8, 4) is 28.7 Å². The number of benzene rings is 3. The molecule has 2 aliphatic heterocycles. The number of carbonyl (C=O) groups is 1. The van der Waals surface area contributed by atoms with Crippen molar-refractivity contribution < 1.29 is 38.7 Å². The highest BCUT2D eigenvalue weighted by atomic mass is 16.5. The average Bonchev–Trinajstić information content (AvgIpc) is 3.56. The maximum Gasteiger partial charge on any atom is 0.161 e. The topological polar surface area (TPSA) is 104 Å². The number of phenolic OH excluding ortho intramolecular Hbond substituents is 2. The standard InChI is InChI=1S/C31H32O8/c1-35-27-11-8-21(15-29(27)37-3)31-24-17-38-30(23(24)16-39-31)20-7-6-19(28(14-20)36-2)13-22(32)9-4-18-5-10-25(33)26(34)12-18/h4-12,14-15,23-24,30-31,33-34H,13,16-17H2,1-3H3/b9-4+/t23-,24-,30-,31+/m1/s1. The predicted octanol–water partition coefficient (Wildman–Crippen LogP) is 5.02. The molecule has 0 saturated carbocycles. The van der Waals surface area contributed by atoms with Crippen LogP contribution in [0.1, 0.15) is 34.5 Å². The number of aromatic hydroxyl groups is 2. The Kier molecular flexibility index (Phi) is 7.77. The number of phenols is 2. The summed E-state index contributed by atoms with van der Waals surface area (Å²) in [5.74, 6) is 1.80. The van der Waals surface area contributed by atoms with Crippen LogP contribution in [0.25, 0.3) is 6.08 Å². The van der Waals surface area contributed by atoms with Crippen LogP contribution in [0, 0.1) is 11.8 Å². The molecule has 3 aromatic carbocycles. The highest BCUT2D eigenvalue weighted by Crippen LogP contribution is 2.51. The number of hydrogen-bond donors (Lipinski definition) is 2. The number of ether oxygens (including phenoxy) is 5. The van der Waals surface area contributed by atoms with Gasteiger partial charge in [0.15, 0.2) is 28.8 Å². The van der Waals surface area contributed by atoms with Crippen molar-refractivity contribution in [3.63, 3.8) is 0 Å². The van der Waals surface area contributed by atoms with Gasteiger partial charge in [-0.05, 0) is 53.1 Å². The van der Waals surface area contributed by atoms with Crippen molar-refractivity contribution in [3.05, 3.63) is 82.9 Å². The minimum Gasteiger partial charge on any atom is -0.504 e. The van der Waals surface area contributed by atoms with Gasteiger partial charge in [0, 0.05) is 23.8 Å². The highest BCUT2D eigenvalue weighted by Gasteiger charge is 2.48. The van der Waals surface area contributed by atoms with E-state index < -0.39 is 0 Å². The number of carbonyl (C=O) groups excluding carboxylic acids is 1. The molecule has 0 aromatic heterocycles. The Hall–Kier alpha value is -4.01. The van der Waals surface area contributed by atoms with Crippen LogP contribution in [0.3, 0.4) is 0 Å². The first-order chi connectivity index (χ1) is 18.9. The summed E-state index contributed by atoms with van der Waals surface area (Å²) in [6, 6.07) is 16.1. The van der Waals surface area contributed by atoms with Crippen molar-refractivity contribution in [1.29, 1.82) is 0 Å². The van der Waals surface area contributed by atoms with E-state index in [-0.39, 0.29) is 47.7 Å². The normalized spacial score (nSPS) is 22.1. The van der Waals surface area contributed by atoms with Gasteiger partial charge in [-0.15, -0.1) is 0 Å². The summed E-state index contributed by atoms with van der Waals surface area (Å²) in [4.78, 5) is 12.6. The van der Waals surface area contributed by atoms with Gasteiger partial charge in [-0.3, -0.25) is 4.79 Å². The van der Waals surface area contributed by atoms with Crippen molar-refractivity contribution in [1.82, 2.24) is 0 Å². The van der Waals surface area contributed by atoms with E-state index in [9.17, 15) is 15.0 Å². The minimum absolute atomic E-state index is 0.0964. The first-order valence-electron chi connectivity index (χ1n) is 12.8. The fraction of sp³-hybridized carbons (Fsp3) is 0.323. The predicted molar refractivity (Wildman–Crippen MR) is 144 cm³/mol. The summed E-state index contributed by atoms with van der Waals surface area (Å²) in [6.07, 6.45) is 2.98. The Morgan fingerprint density at radius 2 is 1.41 bits per heavy atom. The Morgan fingerprint density at radius 3 is 2.03 bits per heavy atom. The van der Waals surface area contributed by atoms with Crippen LogP contribution >= 0.6 is 0 Å². The Balaban J connectivity index is 1.28. The molecule has 2 fully saturated rings. The van der Waals surface area contributed by atoms with E-state index in [1.54, 1.807) is 33.5 Å². The van der Waals surface area contributed by atoms with E-state index in [1.807, 2.05) is 36.4 Å². The molecule has 204 valence electrons. The Bertz CT molecular complexity index is 1380. The number of hydrogen-bond acceptors (Lipinski definition) is 8. The van der Waals surface area contributed by atoms with E-state index in [2.05, 4.69) is 0 Å². The second-order valence-electron chi connectivity index (χ2n) is 9.75. The van der Waals surface area contributed by atoms with Crippen LogP contribution in [0.2, 0.25) is 0 Å². The fourth-order valence-corrected chi connectivity index (χ4v) is 5.43. The van der Waals surface area contributed by atoms with Crippen molar-refractivity contribution in [2.45, 2.75) is 18.6 Å². The number of rotatable bonds is 9. The monoisotopic (exact) mass is 532 g/mol. The summed E-state index contributed by atoms with van der Waals surface area (Å²) in [7, 11) is 4.83. The first-order valence-corrected chi connectivity index (χ1v) is 12.8. The van der Waals surface area contributed by atoms with Crippen LogP contribution in [0.4, 0.5) is 0 Å². The summed E-state index contributed by atoms with van der Waals surface area (Å²) < 4.78 is 29.0. The molecule has 39 heavy (non-hydrogen) atoms. The second kappa shape index (κ2) is 11.4. The number of methoxy groups -OCH3 is 3. The van der Waals surface area contributed by atoms with E-state index in [4.69, 9.17) is 23.7 Å². The molecule has 8 heteroatoms. The zero-order valence-electron chi connectivity index (χ0n) is 22.1. The van der Waals surface area contributed by atoms with Crippen LogP contribution < -0.4 is 14.2 Å². The molecular weight excluding hydrogens is 500 g/mol. The average molecular weight is 533 g/mol. The number of fused-ring (bicyclic) bond motifs is 1. The molecule has 3 aromatic rings.